The van der Waals surface area contributed by atoms with E-state index >= 15 is 0 Å². The lowest BCUT2D eigenvalue weighted by Gasteiger charge is -2.44. The van der Waals surface area contributed by atoms with E-state index in [4.69, 9.17) is 9.47 Å². The summed E-state index contributed by atoms with van der Waals surface area (Å²) in [4.78, 5) is 40.4. The Morgan fingerprint density at radius 2 is 1.94 bits per heavy atom. The molecule has 2 amide bonds. The maximum absolute atomic E-state index is 14.1. The quantitative estimate of drug-likeness (QED) is 0.348. The number of amides is 2. The highest BCUT2D eigenvalue weighted by atomic mass is 19.1. The van der Waals surface area contributed by atoms with Crippen LogP contribution in [0.1, 0.15) is 26.7 Å². The summed E-state index contributed by atoms with van der Waals surface area (Å²) in [6.07, 6.45) is 2.35. The highest BCUT2D eigenvalue weighted by molar-refractivity contribution is 6.01. The minimum Gasteiger partial charge on any atom is -0.457 e. The number of likely N-dealkylation sites (tertiary alicyclic amines) is 1. The van der Waals surface area contributed by atoms with Gasteiger partial charge in [-0.3, -0.25) is 9.69 Å². The molecule has 3 aliphatic heterocycles. The lowest BCUT2D eigenvalue weighted by molar-refractivity contribution is -0.162. The number of β-lactam (4-membered cyclic amide) rings is 1. The van der Waals surface area contributed by atoms with Gasteiger partial charge in [0.05, 0.1) is 30.7 Å². The Morgan fingerprint density at radius 3 is 2.56 bits per heavy atom. The summed E-state index contributed by atoms with van der Waals surface area (Å²) in [6, 6.07) is -0.907. The third-order valence-corrected chi connectivity index (χ3v) is 6.02. The van der Waals surface area contributed by atoms with Crippen LogP contribution in [0.15, 0.2) is 48.2 Å². The highest BCUT2D eigenvalue weighted by Crippen LogP contribution is 2.46. The Kier molecular flexibility index (Phi) is 7.18. The van der Waals surface area contributed by atoms with E-state index in [1.165, 1.54) is 22.0 Å². The zero-order valence-corrected chi connectivity index (χ0v) is 18.3. The molecule has 0 bridgehead atoms. The molecule has 3 heterocycles. The second-order valence-corrected chi connectivity index (χ2v) is 8.23. The zero-order chi connectivity index (χ0) is 23.6. The van der Waals surface area contributed by atoms with Crippen LogP contribution in [-0.2, 0) is 19.1 Å². The predicted molar refractivity (Wildman–Crippen MR) is 114 cm³/mol. The average molecular weight is 448 g/mol. The van der Waals surface area contributed by atoms with Gasteiger partial charge in [-0.05, 0) is 31.4 Å². The number of hydrogen-bond donors (Lipinski definition) is 1. The first kappa shape index (κ1) is 23.7. The third kappa shape index (κ3) is 4.34. The summed E-state index contributed by atoms with van der Waals surface area (Å²) in [6.45, 7) is 10.2. The predicted octanol–water partition coefficient (Wildman–Crippen LogP) is 2.26. The van der Waals surface area contributed by atoms with Crippen LogP contribution in [-0.4, -0.2) is 77.0 Å². The van der Waals surface area contributed by atoms with Crippen LogP contribution in [0.3, 0.4) is 0 Å². The number of halogens is 1. The van der Waals surface area contributed by atoms with Gasteiger partial charge >= 0.3 is 12.1 Å². The molecule has 0 aromatic rings. The molecule has 0 radical (unpaired) electrons. The van der Waals surface area contributed by atoms with Crippen LogP contribution in [0.4, 0.5) is 9.18 Å². The Labute approximate surface area is 186 Å². The van der Waals surface area contributed by atoms with E-state index in [9.17, 15) is 23.9 Å². The van der Waals surface area contributed by atoms with Crippen molar-refractivity contribution in [3.63, 3.8) is 0 Å². The van der Waals surface area contributed by atoms with Gasteiger partial charge in [0.2, 0.25) is 5.91 Å². The second-order valence-electron chi connectivity index (χ2n) is 8.23. The van der Waals surface area contributed by atoms with Crippen molar-refractivity contribution in [2.24, 2.45) is 5.92 Å². The fourth-order valence-electron chi connectivity index (χ4n) is 4.60. The Hall–Kier alpha value is -2.94. The molecular weight excluding hydrogens is 419 g/mol. The molecule has 0 aromatic carbocycles. The van der Waals surface area contributed by atoms with Crippen molar-refractivity contribution in [2.75, 3.05) is 19.8 Å². The van der Waals surface area contributed by atoms with Crippen molar-refractivity contribution >= 4 is 18.0 Å². The van der Waals surface area contributed by atoms with Crippen molar-refractivity contribution in [3.05, 3.63) is 48.2 Å². The number of alkyl halides is 1. The average Bonchev–Trinajstić information content (AvgIpc) is 3.27. The normalized spacial score (nSPS) is 28.2. The summed E-state index contributed by atoms with van der Waals surface area (Å²) in [5, 5.41) is 9.99. The number of carbonyl (C=O) groups excluding carboxylic acids is 3. The largest absolute Gasteiger partial charge is 0.457 e. The first-order valence-corrected chi connectivity index (χ1v) is 10.6. The van der Waals surface area contributed by atoms with Gasteiger partial charge in [0.1, 0.15) is 25.1 Å². The van der Waals surface area contributed by atoms with Crippen molar-refractivity contribution in [1.82, 2.24) is 9.80 Å². The Bertz CT molecular complexity index is 880. The molecule has 3 rings (SSSR count). The fraction of sp³-hybridized carbons (Fsp3) is 0.522. The molecule has 32 heavy (non-hydrogen) atoms. The molecule has 8 nitrogen and oxygen atoms in total. The third-order valence-electron chi connectivity index (χ3n) is 6.02. The number of aliphatic hydroxyl groups is 1. The Balaban J connectivity index is 1.90. The van der Waals surface area contributed by atoms with E-state index in [1.54, 1.807) is 19.9 Å². The lowest BCUT2D eigenvalue weighted by atomic mass is 9.82. The molecular formula is C23H29FN2O6. The van der Waals surface area contributed by atoms with Gasteiger partial charge in [-0.1, -0.05) is 31.4 Å². The summed E-state index contributed by atoms with van der Waals surface area (Å²) in [7, 11) is 0. The van der Waals surface area contributed by atoms with Gasteiger partial charge in [-0.25, -0.2) is 14.0 Å². The molecule has 1 unspecified atom stereocenters. The first-order chi connectivity index (χ1) is 15.2. The lowest BCUT2D eigenvalue weighted by Crippen LogP contribution is -2.61. The van der Waals surface area contributed by atoms with Crippen LogP contribution < -0.4 is 0 Å². The number of ether oxygens (including phenoxy) is 2. The number of rotatable bonds is 8. The number of aliphatic hydroxyl groups excluding tert-OH is 1. The Morgan fingerprint density at radius 1 is 1.28 bits per heavy atom. The molecule has 174 valence electrons. The molecule has 0 aliphatic carbocycles. The zero-order valence-electron chi connectivity index (χ0n) is 18.3. The van der Waals surface area contributed by atoms with Crippen molar-refractivity contribution in [1.29, 1.82) is 0 Å². The molecule has 0 spiro atoms. The summed E-state index contributed by atoms with van der Waals surface area (Å²) in [5.41, 5.74) is 1.35. The van der Waals surface area contributed by atoms with E-state index in [1.807, 2.05) is 0 Å². The second kappa shape index (κ2) is 9.68. The number of nitrogens with zero attached hydrogens (tertiary/aromatic N) is 2. The SMILES string of the molecule is C=CCOC(=O)C1=C(C(C)=C[C@@H]2CC(F)CN2C(=O)OCC=C)C[C@@H]2[C@@H]([C@@H](C)O)C(=O)N12. The molecule has 2 saturated heterocycles. The number of fused-ring (bicyclic) bond motifs is 1. The molecule has 1 N–H and O–H groups in total. The van der Waals surface area contributed by atoms with E-state index in [0.29, 0.717) is 17.6 Å². The van der Waals surface area contributed by atoms with Gasteiger partial charge in [0, 0.05) is 6.42 Å². The number of allylic oxidation sites excluding steroid dienone is 1. The summed E-state index contributed by atoms with van der Waals surface area (Å²) < 4.78 is 24.4. The van der Waals surface area contributed by atoms with Crippen LogP contribution in [0.5, 0.6) is 0 Å². The highest BCUT2D eigenvalue weighted by Gasteiger charge is 2.57. The van der Waals surface area contributed by atoms with Crippen LogP contribution in [0, 0.1) is 5.92 Å². The van der Waals surface area contributed by atoms with E-state index in [2.05, 4.69) is 13.2 Å². The maximum atomic E-state index is 14.1. The summed E-state index contributed by atoms with van der Waals surface area (Å²) >= 11 is 0. The van der Waals surface area contributed by atoms with E-state index in [-0.39, 0.29) is 43.8 Å². The van der Waals surface area contributed by atoms with E-state index in [0.717, 1.165) is 0 Å². The summed E-state index contributed by atoms with van der Waals surface area (Å²) in [5.74, 6) is -1.60. The van der Waals surface area contributed by atoms with Gasteiger partial charge in [0.15, 0.2) is 0 Å². The minimum atomic E-state index is -1.20. The van der Waals surface area contributed by atoms with Gasteiger partial charge in [-0.2, -0.15) is 0 Å². The van der Waals surface area contributed by atoms with Crippen LogP contribution in [0.2, 0.25) is 0 Å². The minimum absolute atomic E-state index is 0.0139. The van der Waals surface area contributed by atoms with Gasteiger partial charge in [-0.15, -0.1) is 0 Å². The maximum Gasteiger partial charge on any atom is 0.410 e. The molecule has 9 heteroatoms. The number of hydrogen-bond acceptors (Lipinski definition) is 6. The van der Waals surface area contributed by atoms with Crippen molar-refractivity contribution in [2.45, 2.75) is 51.0 Å². The van der Waals surface area contributed by atoms with Gasteiger partial charge in [0.25, 0.3) is 0 Å². The van der Waals surface area contributed by atoms with E-state index < -0.39 is 36.3 Å². The molecule has 2 fully saturated rings. The van der Waals surface area contributed by atoms with Crippen LogP contribution >= 0.6 is 0 Å². The van der Waals surface area contributed by atoms with Crippen molar-refractivity contribution < 1.29 is 33.4 Å². The number of carbonyl (C=O) groups is 3. The molecule has 5 atom stereocenters. The topological polar surface area (TPSA) is 96.4 Å². The monoisotopic (exact) mass is 448 g/mol. The fourth-order valence-corrected chi connectivity index (χ4v) is 4.60. The standard InChI is InChI=1S/C23H29FN2O6/c1-5-7-31-22(29)20-17(11-18-19(14(4)27)21(28)26(18)20)13(3)9-16-10-15(24)12-25(16)23(30)32-8-6-2/h5-6,9,14-16,18-19,27H,1-2,7-8,10-12H2,3-4H3/t14-,15?,16-,18-,19-/m1/s1. The molecule has 0 saturated carbocycles. The number of esters is 1. The van der Waals surface area contributed by atoms with Crippen LogP contribution in [0.25, 0.3) is 0 Å². The smallest absolute Gasteiger partial charge is 0.410 e. The van der Waals surface area contributed by atoms with Gasteiger partial charge < -0.3 is 19.5 Å². The molecule has 0 aromatic heterocycles. The van der Waals surface area contributed by atoms with Crippen molar-refractivity contribution in [3.8, 4) is 0 Å². The molecule has 3 aliphatic rings. The first-order valence-electron chi connectivity index (χ1n) is 10.6.